The second-order valence-electron chi connectivity index (χ2n) is 4.09. The summed E-state index contributed by atoms with van der Waals surface area (Å²) in [4.78, 5) is 24.1. The molecule has 1 amide bonds. The molecule has 0 aliphatic heterocycles. The Kier molecular flexibility index (Phi) is 5.35. The summed E-state index contributed by atoms with van der Waals surface area (Å²) in [6, 6.07) is 7.62. The smallest absolute Gasteiger partial charge is 0.338 e. The molecular formula is C14H12FNO3S2. The summed E-state index contributed by atoms with van der Waals surface area (Å²) in [5.41, 5.74) is -0.390. The summed E-state index contributed by atoms with van der Waals surface area (Å²) < 4.78 is 13.2. The number of thiophene rings is 1. The van der Waals surface area contributed by atoms with Gasteiger partial charge in [0.1, 0.15) is 5.82 Å². The van der Waals surface area contributed by atoms with Crippen molar-refractivity contribution in [2.45, 2.75) is 11.4 Å². The van der Waals surface area contributed by atoms with E-state index in [1.807, 2.05) is 17.5 Å². The number of nitrogens with one attached hydrogen (secondary N) is 1. The van der Waals surface area contributed by atoms with E-state index in [0.717, 1.165) is 10.9 Å². The summed E-state index contributed by atoms with van der Waals surface area (Å²) in [6.45, 7) is 0.473. The number of hydrogen-bond acceptors (Lipinski definition) is 4. The van der Waals surface area contributed by atoms with Crippen molar-refractivity contribution in [1.82, 2.24) is 5.32 Å². The fourth-order valence-corrected chi connectivity index (χ4v) is 2.97. The van der Waals surface area contributed by atoms with Crippen LogP contribution in [0.2, 0.25) is 0 Å². The number of amides is 1. The fourth-order valence-electron chi connectivity index (χ4n) is 1.56. The molecule has 7 heteroatoms. The van der Waals surface area contributed by atoms with E-state index in [9.17, 15) is 14.0 Å². The summed E-state index contributed by atoms with van der Waals surface area (Å²) in [5.74, 6) is -2.11. The van der Waals surface area contributed by atoms with Crippen molar-refractivity contribution in [2.75, 3.05) is 5.75 Å². The minimum atomic E-state index is -1.32. The van der Waals surface area contributed by atoms with Gasteiger partial charge in [-0.05, 0) is 29.6 Å². The molecule has 2 aromatic rings. The molecule has 2 rings (SSSR count). The van der Waals surface area contributed by atoms with Crippen LogP contribution in [0.15, 0.2) is 40.6 Å². The molecule has 0 aliphatic carbocycles. The average Bonchev–Trinajstić information content (AvgIpc) is 2.97. The Bertz CT molecular complexity index is 644. The average molecular weight is 325 g/mol. The number of aromatic carboxylic acids is 1. The lowest BCUT2D eigenvalue weighted by molar-refractivity contribution is -0.118. The second-order valence-corrected chi connectivity index (χ2v) is 6.17. The van der Waals surface area contributed by atoms with E-state index in [4.69, 9.17) is 5.11 Å². The van der Waals surface area contributed by atoms with Gasteiger partial charge in [-0.3, -0.25) is 4.79 Å². The van der Waals surface area contributed by atoms with Crippen LogP contribution in [-0.4, -0.2) is 22.7 Å². The van der Waals surface area contributed by atoms with E-state index in [1.54, 1.807) is 11.3 Å². The van der Waals surface area contributed by atoms with E-state index < -0.39 is 11.8 Å². The topological polar surface area (TPSA) is 66.4 Å². The summed E-state index contributed by atoms with van der Waals surface area (Å²) in [5, 5.41) is 13.5. The van der Waals surface area contributed by atoms with Crippen LogP contribution in [0.25, 0.3) is 0 Å². The van der Waals surface area contributed by atoms with Crippen LogP contribution in [0.4, 0.5) is 4.39 Å². The van der Waals surface area contributed by atoms with Crippen LogP contribution in [0.5, 0.6) is 0 Å². The minimum absolute atomic E-state index is 0.149. The molecule has 4 nitrogen and oxygen atoms in total. The van der Waals surface area contributed by atoms with E-state index in [1.165, 1.54) is 23.9 Å². The van der Waals surface area contributed by atoms with Crippen LogP contribution >= 0.6 is 23.1 Å². The molecule has 1 heterocycles. The molecule has 0 atom stereocenters. The van der Waals surface area contributed by atoms with Gasteiger partial charge in [-0.2, -0.15) is 0 Å². The molecule has 0 unspecified atom stereocenters. The third kappa shape index (κ3) is 4.57. The first kappa shape index (κ1) is 15.5. The molecule has 1 aromatic carbocycles. The SMILES string of the molecule is O=C(CSc1ccc(F)c(C(=O)O)c1)NCc1cccs1. The standard InChI is InChI=1S/C14H12FNO3S2/c15-12-4-3-9(6-11(12)14(18)19)21-8-13(17)16-7-10-2-1-5-20-10/h1-6H,7-8H2,(H,16,17)(H,18,19). The second kappa shape index (κ2) is 7.24. The molecule has 21 heavy (non-hydrogen) atoms. The van der Waals surface area contributed by atoms with Gasteiger partial charge in [-0.15, -0.1) is 23.1 Å². The van der Waals surface area contributed by atoms with E-state index in [0.29, 0.717) is 11.4 Å². The molecule has 0 fully saturated rings. The first-order valence-corrected chi connectivity index (χ1v) is 7.87. The maximum atomic E-state index is 13.2. The van der Waals surface area contributed by atoms with Gasteiger partial charge in [0.25, 0.3) is 0 Å². The van der Waals surface area contributed by atoms with Gasteiger partial charge in [0.15, 0.2) is 0 Å². The Labute approximate surface area is 129 Å². The summed E-state index contributed by atoms with van der Waals surface area (Å²) in [7, 11) is 0. The summed E-state index contributed by atoms with van der Waals surface area (Å²) >= 11 is 2.73. The Hall–Kier alpha value is -1.86. The maximum absolute atomic E-state index is 13.2. The zero-order valence-corrected chi connectivity index (χ0v) is 12.5. The molecule has 0 radical (unpaired) electrons. The van der Waals surface area contributed by atoms with Gasteiger partial charge in [0, 0.05) is 9.77 Å². The summed E-state index contributed by atoms with van der Waals surface area (Å²) in [6.07, 6.45) is 0. The first-order chi connectivity index (χ1) is 10.1. The van der Waals surface area contributed by atoms with Crippen molar-refractivity contribution in [2.24, 2.45) is 0 Å². The van der Waals surface area contributed by atoms with Gasteiger partial charge in [0.05, 0.1) is 17.9 Å². The predicted octanol–water partition coefficient (Wildman–Crippen LogP) is 2.99. The van der Waals surface area contributed by atoms with Crippen molar-refractivity contribution in [3.63, 3.8) is 0 Å². The van der Waals surface area contributed by atoms with E-state index in [2.05, 4.69) is 5.32 Å². The van der Waals surface area contributed by atoms with Crippen LogP contribution in [-0.2, 0) is 11.3 Å². The van der Waals surface area contributed by atoms with Gasteiger partial charge in [-0.25, -0.2) is 9.18 Å². The van der Waals surface area contributed by atoms with E-state index >= 15 is 0 Å². The van der Waals surface area contributed by atoms with Crippen LogP contribution < -0.4 is 5.32 Å². The number of hydrogen-bond donors (Lipinski definition) is 2. The molecule has 0 saturated carbocycles. The molecule has 1 aromatic heterocycles. The highest BCUT2D eigenvalue weighted by atomic mass is 32.2. The lowest BCUT2D eigenvalue weighted by Crippen LogP contribution is -2.24. The first-order valence-electron chi connectivity index (χ1n) is 6.01. The van der Waals surface area contributed by atoms with Crippen molar-refractivity contribution >= 4 is 35.0 Å². The highest BCUT2D eigenvalue weighted by Crippen LogP contribution is 2.21. The normalized spacial score (nSPS) is 10.3. The van der Waals surface area contributed by atoms with Crippen molar-refractivity contribution in [3.8, 4) is 0 Å². The lowest BCUT2D eigenvalue weighted by Gasteiger charge is -2.05. The highest BCUT2D eigenvalue weighted by molar-refractivity contribution is 8.00. The van der Waals surface area contributed by atoms with Gasteiger partial charge >= 0.3 is 5.97 Å². The van der Waals surface area contributed by atoms with Gasteiger partial charge in [0.2, 0.25) is 5.91 Å². The Morgan fingerprint density at radius 3 is 2.81 bits per heavy atom. The molecular weight excluding hydrogens is 313 g/mol. The predicted molar refractivity (Wildman–Crippen MR) is 80.2 cm³/mol. The van der Waals surface area contributed by atoms with Crippen LogP contribution in [0, 0.1) is 5.82 Å². The van der Waals surface area contributed by atoms with Crippen molar-refractivity contribution in [1.29, 1.82) is 0 Å². The number of benzene rings is 1. The monoisotopic (exact) mass is 325 g/mol. The van der Waals surface area contributed by atoms with E-state index in [-0.39, 0.29) is 17.2 Å². The van der Waals surface area contributed by atoms with Gasteiger partial charge < -0.3 is 10.4 Å². The molecule has 0 spiro atoms. The van der Waals surface area contributed by atoms with Crippen molar-refractivity contribution in [3.05, 3.63) is 52.0 Å². The number of rotatable bonds is 6. The number of carbonyl (C=O) groups excluding carboxylic acids is 1. The molecule has 0 bridgehead atoms. The van der Waals surface area contributed by atoms with Crippen LogP contribution in [0.3, 0.4) is 0 Å². The molecule has 2 N–H and O–H groups in total. The molecule has 0 aliphatic rings. The Morgan fingerprint density at radius 1 is 1.33 bits per heavy atom. The molecule has 110 valence electrons. The zero-order chi connectivity index (χ0) is 15.2. The minimum Gasteiger partial charge on any atom is -0.478 e. The third-order valence-corrected chi connectivity index (χ3v) is 4.45. The van der Waals surface area contributed by atoms with Crippen molar-refractivity contribution < 1.29 is 19.1 Å². The number of carboxylic acids is 1. The zero-order valence-electron chi connectivity index (χ0n) is 10.8. The quantitative estimate of drug-likeness (QED) is 0.801. The number of halogens is 1. The van der Waals surface area contributed by atoms with Crippen LogP contribution in [0.1, 0.15) is 15.2 Å². The molecule has 0 saturated heterocycles. The van der Waals surface area contributed by atoms with Gasteiger partial charge in [-0.1, -0.05) is 6.07 Å². The fraction of sp³-hybridized carbons (Fsp3) is 0.143. The maximum Gasteiger partial charge on any atom is 0.338 e. The third-order valence-electron chi connectivity index (χ3n) is 2.58. The lowest BCUT2D eigenvalue weighted by atomic mass is 10.2. The largest absolute Gasteiger partial charge is 0.478 e. The number of carbonyl (C=O) groups is 2. The Balaban J connectivity index is 1.86. The Morgan fingerprint density at radius 2 is 2.14 bits per heavy atom. The number of thioether (sulfide) groups is 1. The number of carboxylic acid groups (broad SMARTS) is 1. The highest BCUT2D eigenvalue weighted by Gasteiger charge is 2.11.